The zero-order valence-corrected chi connectivity index (χ0v) is 12.7. The summed E-state index contributed by atoms with van der Waals surface area (Å²) in [6, 6.07) is 16.2. The molecule has 1 atom stereocenters. The van der Waals surface area contributed by atoms with Gasteiger partial charge in [-0.2, -0.15) is 5.26 Å². The first kappa shape index (κ1) is 14.0. The van der Waals surface area contributed by atoms with Crippen LogP contribution in [0.25, 0.3) is 0 Å². The summed E-state index contributed by atoms with van der Waals surface area (Å²) in [5, 5.41) is 9.71. The molecular weight excluding hydrogens is 373 g/mol. The molecule has 1 unspecified atom stereocenters. The van der Waals surface area contributed by atoms with Gasteiger partial charge in [-0.1, -0.05) is 41.9 Å². The molecule has 2 nitrogen and oxygen atoms in total. The van der Waals surface area contributed by atoms with Crippen LogP contribution in [0.5, 0.6) is 0 Å². The Kier molecular flexibility index (Phi) is 4.56. The van der Waals surface area contributed by atoms with Crippen LogP contribution in [-0.2, 0) is 0 Å². The van der Waals surface area contributed by atoms with E-state index in [4.69, 9.17) is 11.6 Å². The molecule has 2 aromatic rings. The molecule has 0 saturated heterocycles. The highest BCUT2D eigenvalue weighted by atomic mass is 127. The second-order valence-electron chi connectivity index (χ2n) is 3.96. The van der Waals surface area contributed by atoms with Crippen molar-refractivity contribution < 1.29 is 4.79 Å². The van der Waals surface area contributed by atoms with Crippen LogP contribution >= 0.6 is 34.2 Å². The van der Waals surface area contributed by atoms with Crippen LogP contribution in [0, 0.1) is 14.9 Å². The Hall–Kier alpha value is -1.38. The van der Waals surface area contributed by atoms with Gasteiger partial charge in [0.25, 0.3) is 0 Å². The van der Waals surface area contributed by atoms with E-state index in [0.29, 0.717) is 16.1 Å². The summed E-state index contributed by atoms with van der Waals surface area (Å²) in [6.45, 7) is 0. The van der Waals surface area contributed by atoms with Crippen molar-refractivity contribution in [3.8, 4) is 6.07 Å². The molecule has 0 aliphatic rings. The summed E-state index contributed by atoms with van der Waals surface area (Å²) < 4.78 is 0.958. The average Bonchev–Trinajstić information content (AvgIpc) is 2.41. The van der Waals surface area contributed by atoms with Gasteiger partial charge in [0.2, 0.25) is 0 Å². The van der Waals surface area contributed by atoms with E-state index in [1.165, 1.54) is 0 Å². The fourth-order valence-electron chi connectivity index (χ4n) is 1.79. The second kappa shape index (κ2) is 6.18. The largest absolute Gasteiger partial charge is 0.292 e. The van der Waals surface area contributed by atoms with E-state index in [2.05, 4.69) is 22.6 Å². The topological polar surface area (TPSA) is 40.9 Å². The molecule has 19 heavy (non-hydrogen) atoms. The Morgan fingerprint density at radius 2 is 1.95 bits per heavy atom. The third-order valence-corrected chi connectivity index (χ3v) is 3.73. The summed E-state index contributed by atoms with van der Waals surface area (Å²) in [7, 11) is 0. The van der Waals surface area contributed by atoms with Crippen LogP contribution in [0.3, 0.4) is 0 Å². The Bertz CT molecular complexity index is 663. The second-order valence-corrected chi connectivity index (χ2v) is 5.61. The Labute approximate surface area is 130 Å². The minimum atomic E-state index is -0.869. The van der Waals surface area contributed by atoms with Crippen molar-refractivity contribution >= 4 is 40.0 Å². The zero-order chi connectivity index (χ0) is 13.8. The number of nitrogens with zero attached hydrogens (tertiary/aromatic N) is 1. The first-order valence-corrected chi connectivity index (χ1v) is 7.03. The summed E-state index contributed by atoms with van der Waals surface area (Å²) >= 11 is 8.19. The van der Waals surface area contributed by atoms with Crippen LogP contribution in [0.1, 0.15) is 21.8 Å². The van der Waals surface area contributed by atoms with Crippen LogP contribution in [0.2, 0.25) is 5.02 Å². The maximum absolute atomic E-state index is 12.4. The fraction of sp³-hybridized carbons (Fsp3) is 0.0667. The van der Waals surface area contributed by atoms with Crippen LogP contribution < -0.4 is 0 Å². The number of benzene rings is 2. The van der Waals surface area contributed by atoms with E-state index in [1.807, 2.05) is 12.1 Å². The lowest BCUT2D eigenvalue weighted by molar-refractivity contribution is 0.0979. The minimum absolute atomic E-state index is 0.228. The third kappa shape index (κ3) is 3.14. The van der Waals surface area contributed by atoms with Gasteiger partial charge in [-0.25, -0.2) is 0 Å². The number of halogens is 2. The van der Waals surface area contributed by atoms with Crippen molar-refractivity contribution in [2.75, 3.05) is 0 Å². The Morgan fingerprint density at radius 3 is 2.58 bits per heavy atom. The van der Waals surface area contributed by atoms with Gasteiger partial charge in [0.15, 0.2) is 5.78 Å². The predicted molar refractivity (Wildman–Crippen MR) is 83.3 cm³/mol. The van der Waals surface area contributed by atoms with Gasteiger partial charge in [-0.3, -0.25) is 4.79 Å². The number of nitriles is 1. The smallest absolute Gasteiger partial charge is 0.184 e. The minimum Gasteiger partial charge on any atom is -0.292 e. The molecule has 2 rings (SSSR count). The van der Waals surface area contributed by atoms with E-state index >= 15 is 0 Å². The lowest BCUT2D eigenvalue weighted by atomic mass is 9.92. The average molecular weight is 382 g/mol. The summed E-state index contributed by atoms with van der Waals surface area (Å²) in [5.41, 5.74) is 1.08. The first-order valence-electron chi connectivity index (χ1n) is 5.57. The standard InChI is InChI=1S/C15H9ClINO/c16-14-7-2-1-6-12(14)13(9-18)15(19)10-4-3-5-11(17)8-10/h1-8,13H. The normalized spacial score (nSPS) is 11.6. The van der Waals surface area contributed by atoms with E-state index in [1.54, 1.807) is 42.5 Å². The van der Waals surface area contributed by atoms with Crippen molar-refractivity contribution in [3.05, 3.63) is 68.3 Å². The molecule has 0 fully saturated rings. The first-order chi connectivity index (χ1) is 9.13. The maximum atomic E-state index is 12.4. The van der Waals surface area contributed by atoms with Gasteiger partial charge in [-0.05, 0) is 46.4 Å². The molecule has 0 radical (unpaired) electrons. The fourth-order valence-corrected chi connectivity index (χ4v) is 2.57. The van der Waals surface area contributed by atoms with Crippen molar-refractivity contribution in [2.24, 2.45) is 0 Å². The highest BCUT2D eigenvalue weighted by molar-refractivity contribution is 14.1. The molecule has 0 heterocycles. The number of Topliss-reactive ketones (excluding diaryl/α,β-unsaturated/α-hetero) is 1. The predicted octanol–water partition coefficient (Wildman–Crippen LogP) is 4.43. The summed E-state index contributed by atoms with van der Waals surface area (Å²) in [4.78, 5) is 12.4. The van der Waals surface area contributed by atoms with Gasteiger partial charge >= 0.3 is 0 Å². The van der Waals surface area contributed by atoms with Gasteiger partial charge < -0.3 is 0 Å². The number of hydrogen-bond donors (Lipinski definition) is 0. The zero-order valence-electron chi connectivity index (χ0n) is 9.81. The molecule has 0 aromatic heterocycles. The number of ketones is 1. The molecule has 0 spiro atoms. The molecule has 0 amide bonds. The number of hydrogen-bond acceptors (Lipinski definition) is 2. The van der Waals surface area contributed by atoms with Crippen LogP contribution in [-0.4, -0.2) is 5.78 Å². The third-order valence-electron chi connectivity index (χ3n) is 2.72. The van der Waals surface area contributed by atoms with E-state index in [-0.39, 0.29) is 5.78 Å². The van der Waals surface area contributed by atoms with Gasteiger partial charge in [0.1, 0.15) is 5.92 Å². The van der Waals surface area contributed by atoms with Crippen LogP contribution in [0.15, 0.2) is 48.5 Å². The number of rotatable bonds is 3. The van der Waals surface area contributed by atoms with Gasteiger partial charge in [-0.15, -0.1) is 0 Å². The summed E-state index contributed by atoms with van der Waals surface area (Å²) in [6.07, 6.45) is 0. The molecule has 0 N–H and O–H groups in total. The van der Waals surface area contributed by atoms with Crippen molar-refractivity contribution in [1.29, 1.82) is 5.26 Å². The Morgan fingerprint density at radius 1 is 1.21 bits per heavy atom. The molecule has 2 aromatic carbocycles. The van der Waals surface area contributed by atoms with Gasteiger partial charge in [0, 0.05) is 14.2 Å². The lowest BCUT2D eigenvalue weighted by Crippen LogP contribution is -2.11. The van der Waals surface area contributed by atoms with Crippen molar-refractivity contribution in [3.63, 3.8) is 0 Å². The highest BCUT2D eigenvalue weighted by Crippen LogP contribution is 2.27. The number of carbonyl (C=O) groups excluding carboxylic acids is 1. The quantitative estimate of drug-likeness (QED) is 0.583. The van der Waals surface area contributed by atoms with Crippen molar-refractivity contribution in [1.82, 2.24) is 0 Å². The van der Waals surface area contributed by atoms with E-state index in [9.17, 15) is 10.1 Å². The van der Waals surface area contributed by atoms with Gasteiger partial charge in [0.05, 0.1) is 6.07 Å². The Balaban J connectivity index is 2.42. The molecule has 4 heteroatoms. The van der Waals surface area contributed by atoms with E-state index < -0.39 is 5.92 Å². The molecule has 0 bridgehead atoms. The molecular formula is C15H9ClINO. The van der Waals surface area contributed by atoms with Crippen LogP contribution in [0.4, 0.5) is 0 Å². The maximum Gasteiger partial charge on any atom is 0.184 e. The monoisotopic (exact) mass is 381 g/mol. The van der Waals surface area contributed by atoms with Crippen molar-refractivity contribution in [2.45, 2.75) is 5.92 Å². The van der Waals surface area contributed by atoms with E-state index in [0.717, 1.165) is 3.57 Å². The highest BCUT2D eigenvalue weighted by Gasteiger charge is 2.23. The number of carbonyl (C=O) groups is 1. The molecule has 0 saturated carbocycles. The molecule has 0 aliphatic heterocycles. The lowest BCUT2D eigenvalue weighted by Gasteiger charge is -2.10. The molecule has 94 valence electrons. The summed E-state index contributed by atoms with van der Waals surface area (Å²) in [5.74, 6) is -1.10. The molecule has 0 aliphatic carbocycles. The SMILES string of the molecule is N#CC(C(=O)c1cccc(I)c1)c1ccccc1Cl.